The Bertz CT molecular complexity index is 167. The van der Waals surface area contributed by atoms with Crippen LogP contribution in [0.1, 0.15) is 0 Å². The molecule has 1 aromatic heterocycles. The normalized spacial score (nSPS) is 9.44. The van der Waals surface area contributed by atoms with E-state index in [4.69, 9.17) is 0 Å². The van der Waals surface area contributed by atoms with Crippen LogP contribution in [0, 0.1) is 0 Å². The summed E-state index contributed by atoms with van der Waals surface area (Å²) in [7, 11) is 2.71. The van der Waals surface area contributed by atoms with Crippen LogP contribution in [0.25, 0.3) is 0 Å². The van der Waals surface area contributed by atoms with E-state index in [1.807, 2.05) is 0 Å². The van der Waals surface area contributed by atoms with Crippen molar-refractivity contribution in [3.63, 3.8) is 0 Å². The maximum atomic E-state index is 3.91. The number of rotatable bonds is 2. The lowest BCUT2D eigenvalue weighted by atomic mass is 11.1. The molecule has 0 fully saturated rings. The molecule has 0 bridgehead atoms. The van der Waals surface area contributed by atoms with E-state index in [9.17, 15) is 0 Å². The maximum absolute atomic E-state index is 3.91. The van der Waals surface area contributed by atoms with Crippen LogP contribution in [-0.2, 0) is 0 Å². The predicted molar refractivity (Wildman–Crippen MR) is 42.3 cm³/mol. The molecule has 48 valence electrons. The van der Waals surface area contributed by atoms with E-state index in [-0.39, 0.29) is 0 Å². The van der Waals surface area contributed by atoms with Crippen molar-refractivity contribution in [3.8, 4) is 0 Å². The Morgan fingerprint density at radius 2 is 2.00 bits per heavy atom. The summed E-state index contributed by atoms with van der Waals surface area (Å²) in [6, 6.07) is 0. The lowest BCUT2D eigenvalue weighted by Gasteiger charge is -1.88. The third-order valence-corrected chi connectivity index (χ3v) is 2.36. The zero-order valence-electron chi connectivity index (χ0n) is 4.26. The van der Waals surface area contributed by atoms with Crippen LogP contribution in [0.15, 0.2) is 17.8 Å². The van der Waals surface area contributed by atoms with Gasteiger partial charge in [0.15, 0.2) is 0 Å². The second-order valence-corrected chi connectivity index (χ2v) is 4.05. The standard InChI is InChI=1S/C3H3N3S3/c7-9-8-3-5-1-4-2-6-3/h1-2,7H. The number of nitrogens with zero attached hydrogens (tertiary/aromatic N) is 3. The minimum absolute atomic E-state index is 0.685. The lowest BCUT2D eigenvalue weighted by molar-refractivity contribution is 0.907. The van der Waals surface area contributed by atoms with E-state index in [2.05, 4.69) is 26.6 Å². The highest BCUT2D eigenvalue weighted by Gasteiger charge is 1.91. The molecule has 1 rings (SSSR count). The molecule has 1 heterocycles. The summed E-state index contributed by atoms with van der Waals surface area (Å²) in [5.74, 6) is 0. The van der Waals surface area contributed by atoms with Crippen molar-refractivity contribution in [3.05, 3.63) is 12.7 Å². The molecule has 0 aliphatic rings. The quantitative estimate of drug-likeness (QED) is 0.547. The Kier molecular flexibility index (Phi) is 3.16. The van der Waals surface area contributed by atoms with Gasteiger partial charge in [0.25, 0.3) is 0 Å². The third-order valence-electron chi connectivity index (χ3n) is 0.581. The van der Waals surface area contributed by atoms with Gasteiger partial charge in [-0.2, -0.15) is 0 Å². The number of thiol groups is 1. The van der Waals surface area contributed by atoms with Gasteiger partial charge in [0, 0.05) is 0 Å². The van der Waals surface area contributed by atoms with Gasteiger partial charge in [0.2, 0.25) is 5.16 Å². The van der Waals surface area contributed by atoms with Crippen LogP contribution in [-0.4, -0.2) is 15.0 Å². The molecule has 1 aromatic rings. The smallest absolute Gasteiger partial charge is 0.202 e. The predicted octanol–water partition coefficient (Wildman–Crippen LogP) is 1.46. The van der Waals surface area contributed by atoms with Gasteiger partial charge in [0.1, 0.15) is 12.7 Å². The number of aromatic nitrogens is 3. The van der Waals surface area contributed by atoms with Gasteiger partial charge in [-0.25, -0.2) is 15.0 Å². The molecule has 0 radical (unpaired) electrons. The van der Waals surface area contributed by atoms with Crippen LogP contribution in [0.3, 0.4) is 0 Å². The van der Waals surface area contributed by atoms with E-state index in [1.165, 1.54) is 33.3 Å². The largest absolute Gasteiger partial charge is 0.225 e. The fourth-order valence-electron chi connectivity index (χ4n) is 0.305. The van der Waals surface area contributed by atoms with Gasteiger partial charge in [-0.1, -0.05) is 11.7 Å². The van der Waals surface area contributed by atoms with Crippen LogP contribution in [0.2, 0.25) is 0 Å². The van der Waals surface area contributed by atoms with Crippen LogP contribution in [0.5, 0.6) is 0 Å². The van der Waals surface area contributed by atoms with E-state index in [0.29, 0.717) is 5.16 Å². The Morgan fingerprint density at radius 3 is 2.56 bits per heavy atom. The highest BCUT2D eigenvalue weighted by molar-refractivity contribution is 9.05. The summed E-state index contributed by atoms with van der Waals surface area (Å²) < 4.78 is 0. The molecule has 0 N–H and O–H groups in total. The Hall–Kier alpha value is 0.0600. The first kappa shape index (κ1) is 7.17. The molecular formula is C3H3N3S3. The van der Waals surface area contributed by atoms with Crippen molar-refractivity contribution in [2.24, 2.45) is 0 Å². The van der Waals surface area contributed by atoms with Gasteiger partial charge in [-0.15, -0.1) is 0 Å². The average molecular weight is 177 g/mol. The highest BCUT2D eigenvalue weighted by atomic mass is 33.5. The minimum atomic E-state index is 0.685. The highest BCUT2D eigenvalue weighted by Crippen LogP contribution is 2.29. The first-order chi connectivity index (χ1) is 4.43. The van der Waals surface area contributed by atoms with Crippen LogP contribution in [0.4, 0.5) is 0 Å². The second-order valence-electron chi connectivity index (χ2n) is 1.08. The topological polar surface area (TPSA) is 38.7 Å². The molecule has 0 saturated carbocycles. The molecule has 0 aliphatic heterocycles. The molecule has 0 spiro atoms. The molecule has 0 aromatic carbocycles. The fourth-order valence-corrected chi connectivity index (χ4v) is 1.61. The fraction of sp³-hybridized carbons (Fsp3) is 0. The van der Waals surface area contributed by atoms with Crippen molar-refractivity contribution in [2.45, 2.75) is 5.16 Å². The first-order valence-electron chi connectivity index (χ1n) is 2.03. The second kappa shape index (κ2) is 3.97. The minimum Gasteiger partial charge on any atom is -0.225 e. The van der Waals surface area contributed by atoms with E-state index < -0.39 is 0 Å². The summed E-state index contributed by atoms with van der Waals surface area (Å²) in [5, 5.41) is 0.685. The molecular weight excluding hydrogens is 174 g/mol. The van der Waals surface area contributed by atoms with Crippen LogP contribution >= 0.6 is 32.3 Å². The molecule has 9 heavy (non-hydrogen) atoms. The third kappa shape index (κ3) is 2.42. The van der Waals surface area contributed by atoms with Crippen molar-refractivity contribution < 1.29 is 0 Å². The Morgan fingerprint density at radius 1 is 1.33 bits per heavy atom. The molecule has 0 amide bonds. The summed E-state index contributed by atoms with van der Waals surface area (Å²) in [4.78, 5) is 11.3. The van der Waals surface area contributed by atoms with Crippen molar-refractivity contribution in [2.75, 3.05) is 0 Å². The van der Waals surface area contributed by atoms with Crippen molar-refractivity contribution >= 4 is 32.3 Å². The number of hydrogen-bond acceptors (Lipinski definition) is 6. The lowest BCUT2D eigenvalue weighted by Crippen LogP contribution is -1.82. The number of hydrogen-bond donors (Lipinski definition) is 1. The SMILES string of the molecule is SSSc1ncncn1. The summed E-state index contributed by atoms with van der Waals surface area (Å²) in [5.41, 5.74) is 0. The van der Waals surface area contributed by atoms with Crippen molar-refractivity contribution in [1.82, 2.24) is 15.0 Å². The zero-order chi connectivity index (χ0) is 6.53. The van der Waals surface area contributed by atoms with Gasteiger partial charge >= 0.3 is 0 Å². The molecule has 0 atom stereocenters. The molecule has 3 nitrogen and oxygen atoms in total. The van der Waals surface area contributed by atoms with Gasteiger partial charge < -0.3 is 0 Å². The molecule has 0 aliphatic carbocycles. The first-order valence-corrected chi connectivity index (χ1v) is 5.24. The van der Waals surface area contributed by atoms with Gasteiger partial charge in [-0.05, 0) is 20.6 Å². The van der Waals surface area contributed by atoms with Gasteiger partial charge in [0.05, 0.1) is 0 Å². The summed E-state index contributed by atoms with van der Waals surface area (Å²) in [6.45, 7) is 0. The molecule has 0 saturated heterocycles. The Labute approximate surface area is 65.3 Å². The Balaban J connectivity index is 2.61. The van der Waals surface area contributed by atoms with Crippen LogP contribution < -0.4 is 0 Å². The monoisotopic (exact) mass is 177 g/mol. The summed E-state index contributed by atoms with van der Waals surface area (Å²) in [6.07, 6.45) is 2.92. The van der Waals surface area contributed by atoms with E-state index in [0.717, 1.165) is 0 Å². The zero-order valence-corrected chi connectivity index (χ0v) is 6.79. The van der Waals surface area contributed by atoms with Crippen molar-refractivity contribution in [1.29, 1.82) is 0 Å². The average Bonchev–Trinajstić information content (AvgIpc) is 1.91. The van der Waals surface area contributed by atoms with Gasteiger partial charge in [-0.3, -0.25) is 0 Å². The van der Waals surface area contributed by atoms with E-state index >= 15 is 0 Å². The molecule has 0 unspecified atom stereocenters. The van der Waals surface area contributed by atoms with E-state index in [1.54, 1.807) is 0 Å². The summed E-state index contributed by atoms with van der Waals surface area (Å²) >= 11 is 3.91. The maximum Gasteiger partial charge on any atom is 0.202 e. The molecule has 6 heteroatoms.